The molecule has 4 aliphatic rings. The first kappa shape index (κ1) is 25.5. The van der Waals surface area contributed by atoms with Crippen molar-refractivity contribution in [1.82, 2.24) is 21.0 Å². The van der Waals surface area contributed by atoms with Crippen molar-refractivity contribution in [3.05, 3.63) is 37.6 Å². The second-order valence-electron chi connectivity index (χ2n) is 10.3. The quantitative estimate of drug-likeness (QED) is 0.567. The Morgan fingerprint density at radius 3 is 2.58 bits per heavy atom. The van der Waals surface area contributed by atoms with E-state index < -0.39 is 6.04 Å². The molecular weight excluding hydrogens is 416 g/mol. The highest BCUT2D eigenvalue weighted by molar-refractivity contribution is 5.83. The van der Waals surface area contributed by atoms with E-state index in [0.717, 1.165) is 44.2 Å². The van der Waals surface area contributed by atoms with Gasteiger partial charge in [0.25, 0.3) is 0 Å². The van der Waals surface area contributed by atoms with Crippen LogP contribution >= 0.6 is 0 Å². The van der Waals surface area contributed by atoms with E-state index >= 15 is 0 Å². The molecule has 3 aliphatic heterocycles. The molecule has 0 aromatic carbocycles. The number of carbonyl (C=O) groups excluding carboxylic acids is 2. The highest BCUT2D eigenvalue weighted by atomic mass is 16.7. The summed E-state index contributed by atoms with van der Waals surface area (Å²) in [5.41, 5.74) is 3.52. The lowest BCUT2D eigenvalue weighted by Gasteiger charge is -2.50. The molecule has 4 rings (SSSR count). The van der Waals surface area contributed by atoms with Crippen LogP contribution in [0.1, 0.15) is 52.4 Å². The molecule has 33 heavy (non-hydrogen) atoms. The number of nitrogens with one attached hydrogen (secondary N) is 3. The van der Waals surface area contributed by atoms with E-state index in [-0.39, 0.29) is 17.9 Å². The maximum absolute atomic E-state index is 13.3. The SMILES string of the molecule is C=C.C=C1CC(C(=O)NC2CCC(C)C(C3CC4CNC(C)CC4N(C)C3=O)C2)NOC1=C. The average Bonchev–Trinajstić information content (AvgIpc) is 2.81. The molecule has 3 saturated heterocycles. The van der Waals surface area contributed by atoms with Crippen LogP contribution in [0.15, 0.2) is 37.6 Å². The summed E-state index contributed by atoms with van der Waals surface area (Å²) in [4.78, 5) is 33.5. The van der Waals surface area contributed by atoms with Crippen LogP contribution in [0.5, 0.6) is 0 Å². The van der Waals surface area contributed by atoms with Gasteiger partial charge in [-0.1, -0.05) is 20.1 Å². The summed E-state index contributed by atoms with van der Waals surface area (Å²) < 4.78 is 0. The fraction of sp³-hybridized carbons (Fsp3) is 0.692. The Balaban J connectivity index is 0.00000149. The Labute approximate surface area is 199 Å². The Bertz CT molecular complexity index is 769. The van der Waals surface area contributed by atoms with E-state index in [0.29, 0.717) is 47.9 Å². The largest absolute Gasteiger partial charge is 0.408 e. The van der Waals surface area contributed by atoms with Crippen molar-refractivity contribution in [3.63, 3.8) is 0 Å². The van der Waals surface area contributed by atoms with Crippen LogP contribution in [0.3, 0.4) is 0 Å². The number of hydrogen-bond acceptors (Lipinski definition) is 5. The second kappa shape index (κ2) is 10.9. The predicted molar refractivity (Wildman–Crippen MR) is 131 cm³/mol. The summed E-state index contributed by atoms with van der Waals surface area (Å²) in [5, 5.41) is 6.81. The first-order valence-corrected chi connectivity index (χ1v) is 12.3. The van der Waals surface area contributed by atoms with Crippen LogP contribution in [0.4, 0.5) is 0 Å². The van der Waals surface area contributed by atoms with Gasteiger partial charge in [-0.3, -0.25) is 9.59 Å². The lowest BCUT2D eigenvalue weighted by Crippen LogP contribution is -2.60. The van der Waals surface area contributed by atoms with E-state index in [4.69, 9.17) is 4.84 Å². The number of hydrogen-bond donors (Lipinski definition) is 3. The van der Waals surface area contributed by atoms with Gasteiger partial charge < -0.3 is 20.4 Å². The molecule has 0 aromatic heterocycles. The number of fused-ring (bicyclic) bond motifs is 1. The minimum absolute atomic E-state index is 0.0513. The molecule has 1 saturated carbocycles. The maximum atomic E-state index is 13.3. The molecular formula is C26H42N4O3. The number of nitrogens with zero attached hydrogens (tertiary/aromatic N) is 1. The van der Waals surface area contributed by atoms with Crippen LogP contribution in [-0.4, -0.2) is 54.5 Å². The number of carbonyl (C=O) groups is 2. The van der Waals surface area contributed by atoms with Gasteiger partial charge in [0, 0.05) is 44.1 Å². The van der Waals surface area contributed by atoms with E-state index in [1.165, 1.54) is 0 Å². The fourth-order valence-electron chi connectivity index (χ4n) is 6.16. The van der Waals surface area contributed by atoms with Crippen molar-refractivity contribution in [2.24, 2.45) is 23.7 Å². The molecule has 0 aromatic rings. The number of rotatable bonds is 3. The molecule has 4 fully saturated rings. The first-order valence-electron chi connectivity index (χ1n) is 12.3. The zero-order valence-electron chi connectivity index (χ0n) is 20.6. The van der Waals surface area contributed by atoms with Crippen LogP contribution < -0.4 is 16.1 Å². The molecule has 7 nitrogen and oxygen atoms in total. The Morgan fingerprint density at radius 2 is 1.88 bits per heavy atom. The normalized spacial score (nSPS) is 39.0. The lowest BCUT2D eigenvalue weighted by atomic mass is 9.65. The highest BCUT2D eigenvalue weighted by Crippen LogP contribution is 2.43. The van der Waals surface area contributed by atoms with Crippen LogP contribution in [-0.2, 0) is 14.4 Å². The summed E-state index contributed by atoms with van der Waals surface area (Å²) in [7, 11) is 1.99. The van der Waals surface area contributed by atoms with Gasteiger partial charge in [0.1, 0.15) is 11.8 Å². The van der Waals surface area contributed by atoms with Crippen LogP contribution in [0.25, 0.3) is 0 Å². The zero-order valence-corrected chi connectivity index (χ0v) is 20.6. The first-order chi connectivity index (χ1) is 15.7. The van der Waals surface area contributed by atoms with Gasteiger partial charge in [-0.2, -0.15) is 0 Å². The van der Waals surface area contributed by atoms with Gasteiger partial charge in [0.05, 0.1) is 0 Å². The van der Waals surface area contributed by atoms with Crippen molar-refractivity contribution in [2.45, 2.75) is 76.5 Å². The standard InChI is InChI=1S/C24H38N4O3.C2H4/c1-13-6-7-18(26-23(29)21-8-14(2)16(4)31-27-21)11-19(13)20-10-17-12-25-15(3)9-22(17)28(5)24(20)30;1-2/h13,15,17-22,25,27H,2,4,6-12H2,1,3,5H3,(H,26,29);1-2H2. The molecule has 1 aliphatic carbocycles. The molecule has 8 unspecified atom stereocenters. The van der Waals surface area contributed by atoms with Gasteiger partial charge >= 0.3 is 0 Å². The molecule has 7 heteroatoms. The van der Waals surface area contributed by atoms with Crippen LogP contribution in [0.2, 0.25) is 0 Å². The Hall–Kier alpha value is -2.12. The summed E-state index contributed by atoms with van der Waals surface area (Å²) in [6.07, 6.45) is 5.34. The van der Waals surface area contributed by atoms with Gasteiger partial charge in [-0.05, 0) is 62.4 Å². The smallest absolute Gasteiger partial charge is 0.241 e. The Kier molecular flexibility index (Phi) is 8.40. The van der Waals surface area contributed by atoms with Gasteiger partial charge in [0.2, 0.25) is 11.8 Å². The number of piperidine rings is 2. The molecule has 0 radical (unpaired) electrons. The molecule has 0 spiro atoms. The van der Waals surface area contributed by atoms with Gasteiger partial charge in [0.15, 0.2) is 0 Å². The number of likely N-dealkylation sites (tertiary alicyclic amines) is 1. The topological polar surface area (TPSA) is 82.7 Å². The van der Waals surface area contributed by atoms with E-state index in [1.54, 1.807) is 0 Å². The molecule has 0 bridgehead atoms. The van der Waals surface area contributed by atoms with E-state index in [2.05, 4.69) is 56.3 Å². The Morgan fingerprint density at radius 1 is 1.15 bits per heavy atom. The van der Waals surface area contributed by atoms with Crippen molar-refractivity contribution in [1.29, 1.82) is 0 Å². The third kappa shape index (κ3) is 5.52. The average molecular weight is 459 g/mol. The monoisotopic (exact) mass is 458 g/mol. The van der Waals surface area contributed by atoms with Crippen molar-refractivity contribution >= 4 is 11.8 Å². The summed E-state index contributed by atoms with van der Waals surface area (Å²) in [6.45, 7) is 19.1. The van der Waals surface area contributed by atoms with Crippen molar-refractivity contribution < 1.29 is 14.4 Å². The predicted octanol–water partition coefficient (Wildman–Crippen LogP) is 2.92. The third-order valence-electron chi connectivity index (χ3n) is 8.19. The maximum Gasteiger partial charge on any atom is 0.241 e. The highest BCUT2D eigenvalue weighted by Gasteiger charge is 2.47. The van der Waals surface area contributed by atoms with Gasteiger partial charge in [-0.15, -0.1) is 18.6 Å². The minimum Gasteiger partial charge on any atom is -0.408 e. The number of amides is 2. The molecule has 3 N–H and O–H groups in total. The minimum atomic E-state index is -0.450. The third-order valence-corrected chi connectivity index (χ3v) is 8.19. The summed E-state index contributed by atoms with van der Waals surface area (Å²) in [6, 6.07) is 0.463. The molecule has 2 amide bonds. The number of hydroxylamine groups is 1. The van der Waals surface area contributed by atoms with E-state index in [1.807, 2.05) is 11.9 Å². The van der Waals surface area contributed by atoms with E-state index in [9.17, 15) is 9.59 Å². The van der Waals surface area contributed by atoms with Gasteiger partial charge in [-0.25, -0.2) is 0 Å². The summed E-state index contributed by atoms with van der Waals surface area (Å²) >= 11 is 0. The zero-order chi connectivity index (χ0) is 24.3. The molecule has 184 valence electrons. The van der Waals surface area contributed by atoms with Crippen molar-refractivity contribution in [3.8, 4) is 0 Å². The second-order valence-corrected chi connectivity index (χ2v) is 10.3. The summed E-state index contributed by atoms with van der Waals surface area (Å²) in [5.74, 6) is 2.09. The fourth-order valence-corrected chi connectivity index (χ4v) is 6.16. The van der Waals surface area contributed by atoms with Crippen molar-refractivity contribution in [2.75, 3.05) is 13.6 Å². The molecule has 3 heterocycles. The number of allylic oxidation sites excluding steroid dienone is 1. The van der Waals surface area contributed by atoms with Crippen LogP contribution in [0, 0.1) is 23.7 Å². The lowest BCUT2D eigenvalue weighted by molar-refractivity contribution is -0.148. The molecule has 8 atom stereocenters.